The summed E-state index contributed by atoms with van der Waals surface area (Å²) in [6.07, 6.45) is 1.00. The normalized spacial score (nSPS) is 10.5. The Morgan fingerprint density at radius 3 is 1.11 bits per heavy atom. The molecule has 6 aliphatic rings. The highest BCUT2D eigenvalue weighted by molar-refractivity contribution is 6.20. The lowest BCUT2D eigenvalue weighted by Crippen LogP contribution is -2.00. The van der Waals surface area contributed by atoms with Gasteiger partial charge in [0.1, 0.15) is 56.9 Å². The van der Waals surface area contributed by atoms with E-state index in [2.05, 4.69) is 0 Å². The molecule has 28 heteroatoms. The van der Waals surface area contributed by atoms with Gasteiger partial charge in [0, 0.05) is 112 Å². The molecule has 624 valence electrons. The van der Waals surface area contributed by atoms with Crippen LogP contribution >= 0.6 is 0 Å². The molecule has 0 atom stereocenters. The Balaban J connectivity index is 0.000000140. The minimum atomic E-state index is -1.01. The molecule has 0 radical (unpaired) electrons. The Labute approximate surface area is 714 Å². The molecule has 0 saturated carbocycles. The Morgan fingerprint density at radius 1 is 0.250 bits per heavy atom. The second kappa shape index (κ2) is 37.8. The molecule has 4 heterocycles. The number of carboxylic acids is 4. The molecule has 3 aliphatic heterocycles. The van der Waals surface area contributed by atoms with Crippen LogP contribution in [0.4, 0.5) is 0 Å². The first-order valence-electron chi connectivity index (χ1n) is 37.5. The lowest BCUT2D eigenvalue weighted by Gasteiger charge is -2.17. The summed E-state index contributed by atoms with van der Waals surface area (Å²) in [5, 5.41) is 87.6. The zero-order chi connectivity index (χ0) is 91.3. The SMILES string of the molecule is O=C(O)c1ccc(-c2c3ccc(=O)cc-3oc3c(O)cc4ccccc4c23)cc1.O=C(O)c1ccc(-c2c3ccc(=O)cc-3oc3c2cc(O)c2ccccc23)cc1.O=C(O)c1ccc(-c2c3ccc(=O)cc-3oc3c2ccc2c(O)cccc23)cc1.O=C(O)c1ccc(-c2c3ccc(O)cc3oc3c2ccc2cccc(=O)c23)cc1.O=C=O.O=C=O.O=C=O.O=C=O. The Bertz CT molecular complexity index is 8030. The number of carbonyl (C=O) groups excluding carboxylic acids is 8. The molecule has 0 unspecified atom stereocenters. The van der Waals surface area contributed by atoms with Crippen molar-refractivity contribution in [2.24, 2.45) is 0 Å². The molecule has 128 heavy (non-hydrogen) atoms. The number of carboxylic acid groups (broad SMARTS) is 4. The van der Waals surface area contributed by atoms with E-state index in [9.17, 15) is 79.2 Å². The molecule has 0 spiro atoms. The summed E-state index contributed by atoms with van der Waals surface area (Å²) < 4.78 is 24.3. The molecule has 0 bridgehead atoms. The molecule has 0 saturated heterocycles. The van der Waals surface area contributed by atoms with Gasteiger partial charge in [0.25, 0.3) is 0 Å². The van der Waals surface area contributed by atoms with Crippen LogP contribution in [0.1, 0.15) is 41.4 Å². The summed E-state index contributed by atoms with van der Waals surface area (Å²) in [5.74, 6) is -2.51. The zero-order valence-corrected chi connectivity index (χ0v) is 65.5. The van der Waals surface area contributed by atoms with Crippen molar-refractivity contribution < 1.29 is 116 Å². The average molecular weight is 1710 g/mol. The van der Waals surface area contributed by atoms with Crippen molar-refractivity contribution >= 4 is 146 Å². The molecule has 8 N–H and O–H groups in total. The van der Waals surface area contributed by atoms with Gasteiger partial charge in [0.15, 0.2) is 33.0 Å². The highest BCUT2D eigenvalue weighted by Gasteiger charge is 2.26. The predicted molar refractivity (Wildman–Crippen MR) is 464 cm³/mol. The molecule has 20 rings (SSSR count). The molecule has 0 amide bonds. The number of carbonyl (C=O) groups is 4. The van der Waals surface area contributed by atoms with E-state index in [1.54, 1.807) is 140 Å². The smallest absolute Gasteiger partial charge is 0.373 e. The largest absolute Gasteiger partial charge is 0.508 e. The summed E-state index contributed by atoms with van der Waals surface area (Å²) in [4.78, 5) is 158. The fourth-order valence-electron chi connectivity index (χ4n) is 15.1. The molecule has 1 aromatic heterocycles. The summed E-state index contributed by atoms with van der Waals surface area (Å²) in [7, 11) is 0. The molecule has 0 fully saturated rings. The average Bonchev–Trinajstić information content (AvgIpc) is 0.756. The van der Waals surface area contributed by atoms with Crippen LogP contribution in [0.15, 0.2) is 328 Å². The molecule has 28 nitrogen and oxygen atoms in total. The van der Waals surface area contributed by atoms with Gasteiger partial charge < -0.3 is 58.5 Å². The number of aromatic carboxylic acids is 4. The van der Waals surface area contributed by atoms with Gasteiger partial charge in [-0.2, -0.15) is 38.4 Å². The van der Waals surface area contributed by atoms with E-state index in [1.165, 1.54) is 72.8 Å². The third-order valence-electron chi connectivity index (χ3n) is 20.4. The molecule has 3 aliphatic carbocycles. The van der Waals surface area contributed by atoms with Crippen molar-refractivity contribution in [3.05, 3.63) is 354 Å². The second-order valence-electron chi connectivity index (χ2n) is 27.7. The Kier molecular flexibility index (Phi) is 25.6. The number of hydrogen-bond donors (Lipinski definition) is 8. The molecular weight excluding hydrogens is 1650 g/mol. The standard InChI is InChI=1S/4C24H14O5.4CO2/c25-16-9-11-17-20(12-16)29-23-18(10-8-13-2-1-3-19(26)22(13)23)21(17)14-4-6-15(7-5-14)24(27)28;25-15-8-9-18-21(12-15)29-23-17-2-1-3-20(26)16(17)10-11-19(23)22(18)13-4-6-14(7-5-13)24(27)28;25-15-9-10-18-21(11-15)29-23-17-4-2-1-3-16(17)20(26)12-19(23)22(18)13-5-7-14(8-6-13)24(27)28;25-16-9-10-18-20(12-16)29-23-19(26)11-15-3-1-2-4-17(15)22(23)21(18)13-5-7-14(8-6-13)24(27)28;4*2-1-3/h1-12,25H,(H,27,28);3*1-12,26H,(H,27,28);;;;. The van der Waals surface area contributed by atoms with E-state index >= 15 is 0 Å². The third-order valence-corrected chi connectivity index (χ3v) is 20.4. The van der Waals surface area contributed by atoms with Gasteiger partial charge in [-0.05, 0) is 178 Å². The zero-order valence-electron chi connectivity index (χ0n) is 65.5. The minimum Gasteiger partial charge on any atom is -0.508 e. The summed E-state index contributed by atoms with van der Waals surface area (Å²) >= 11 is 0. The number of rotatable bonds is 8. The topological polar surface area (TPSA) is 488 Å². The van der Waals surface area contributed by atoms with Crippen molar-refractivity contribution in [1.29, 1.82) is 0 Å². The van der Waals surface area contributed by atoms with E-state index in [0.29, 0.717) is 77.7 Å². The molecule has 14 aromatic rings. The summed E-state index contributed by atoms with van der Waals surface area (Å²) in [6.45, 7) is 0. The maximum Gasteiger partial charge on any atom is 0.373 e. The van der Waals surface area contributed by atoms with Gasteiger partial charge in [0.05, 0.1) is 27.6 Å². The van der Waals surface area contributed by atoms with Crippen molar-refractivity contribution in [2.75, 3.05) is 0 Å². The number of aromatic hydroxyl groups is 4. The first kappa shape index (κ1) is 86.9. The Morgan fingerprint density at radius 2 is 0.617 bits per heavy atom. The number of benzene rings is 16. The van der Waals surface area contributed by atoms with Crippen LogP contribution in [0.3, 0.4) is 0 Å². The summed E-state index contributed by atoms with van der Waals surface area (Å²) in [5.41, 5.74) is 10.7. The quantitative estimate of drug-likeness (QED) is 0.0517. The van der Waals surface area contributed by atoms with Gasteiger partial charge in [0.2, 0.25) is 0 Å². The van der Waals surface area contributed by atoms with Crippen LogP contribution in [-0.4, -0.2) is 89.3 Å². The van der Waals surface area contributed by atoms with Crippen LogP contribution in [0.5, 0.6) is 23.0 Å². The maximum absolute atomic E-state index is 12.6. The van der Waals surface area contributed by atoms with Crippen LogP contribution < -0.4 is 21.7 Å². The molecule has 13 aromatic carbocycles. The Hall–Kier alpha value is -19.0. The van der Waals surface area contributed by atoms with Crippen LogP contribution in [0.25, 0.3) is 176 Å². The predicted octanol–water partition coefficient (Wildman–Crippen LogP) is 18.2. The van der Waals surface area contributed by atoms with Crippen molar-refractivity contribution in [2.45, 2.75) is 0 Å². The van der Waals surface area contributed by atoms with Gasteiger partial charge in [-0.25, -0.2) is 19.2 Å². The van der Waals surface area contributed by atoms with Crippen LogP contribution in [0, 0.1) is 0 Å². The fraction of sp³-hybridized carbons (Fsp3) is 0. The van der Waals surface area contributed by atoms with Crippen LogP contribution in [0.2, 0.25) is 0 Å². The second-order valence-corrected chi connectivity index (χ2v) is 27.7. The van der Waals surface area contributed by atoms with Crippen molar-refractivity contribution in [3.8, 4) is 101 Å². The number of phenolic OH excluding ortho intramolecular Hbond substituents is 4. The third kappa shape index (κ3) is 17.7. The van der Waals surface area contributed by atoms with Gasteiger partial charge in [-0.15, -0.1) is 0 Å². The first-order valence-corrected chi connectivity index (χ1v) is 37.5. The van der Waals surface area contributed by atoms with Crippen molar-refractivity contribution in [1.82, 2.24) is 0 Å². The van der Waals surface area contributed by atoms with E-state index in [4.69, 9.17) is 56.0 Å². The van der Waals surface area contributed by atoms with E-state index in [-0.39, 0.29) is 97.2 Å². The van der Waals surface area contributed by atoms with Gasteiger partial charge >= 0.3 is 48.5 Å². The lowest BCUT2D eigenvalue weighted by atomic mass is 9.90. The summed E-state index contributed by atoms with van der Waals surface area (Å²) in [6, 6.07) is 80.7. The maximum atomic E-state index is 12.6. The number of fused-ring (bicyclic) bond motifs is 16. The van der Waals surface area contributed by atoms with Crippen molar-refractivity contribution in [3.63, 3.8) is 0 Å². The molecular formula is C100H56O28. The monoisotopic (exact) mass is 1700 g/mol. The fourth-order valence-corrected chi connectivity index (χ4v) is 15.1. The highest BCUT2D eigenvalue weighted by atomic mass is 16.4. The minimum absolute atomic E-state index is 0.0275. The van der Waals surface area contributed by atoms with Gasteiger partial charge in [-0.1, -0.05) is 127 Å². The van der Waals surface area contributed by atoms with Crippen LogP contribution in [-0.2, 0) is 38.4 Å². The van der Waals surface area contributed by atoms with E-state index in [1.807, 2.05) is 78.9 Å². The van der Waals surface area contributed by atoms with Gasteiger partial charge in [-0.3, -0.25) is 19.2 Å². The number of phenols is 4. The first-order chi connectivity index (χ1) is 61.8. The lowest BCUT2D eigenvalue weighted by molar-refractivity contribution is -0.193. The van der Waals surface area contributed by atoms with E-state index < -0.39 is 23.9 Å². The highest BCUT2D eigenvalue weighted by Crippen LogP contribution is 2.49. The number of hydrogen-bond acceptors (Lipinski definition) is 24. The van der Waals surface area contributed by atoms with E-state index in [0.717, 1.165) is 93.2 Å².